The van der Waals surface area contributed by atoms with Gasteiger partial charge < -0.3 is 0 Å². The predicted molar refractivity (Wildman–Crippen MR) is 103 cm³/mol. The summed E-state index contributed by atoms with van der Waals surface area (Å²) in [6, 6.07) is 0. The lowest BCUT2D eigenvalue weighted by molar-refractivity contribution is -0.0314. The van der Waals surface area contributed by atoms with Gasteiger partial charge in [-0.3, -0.25) is 0 Å². The van der Waals surface area contributed by atoms with Crippen LogP contribution in [0.3, 0.4) is 0 Å². The summed E-state index contributed by atoms with van der Waals surface area (Å²) in [4.78, 5) is 0. The minimum Gasteiger partial charge on any atom is -0.244 e. The highest BCUT2D eigenvalue weighted by Gasteiger charge is 2.46. The Morgan fingerprint density at radius 1 is 0.704 bits per heavy atom. The minimum absolute atomic E-state index is 0.177. The third-order valence-electron chi connectivity index (χ3n) is 8.02. The fraction of sp³-hybridized carbons (Fsp3) is 0.913. The van der Waals surface area contributed by atoms with Crippen molar-refractivity contribution in [1.29, 1.82) is 0 Å². The highest BCUT2D eigenvalue weighted by Crippen LogP contribution is 2.48. The Balaban J connectivity index is 1.51. The summed E-state index contributed by atoms with van der Waals surface area (Å²) >= 11 is 0. The fourth-order valence-corrected chi connectivity index (χ4v) is 6.17. The van der Waals surface area contributed by atoms with Crippen LogP contribution in [0.4, 0.5) is 17.6 Å². The van der Waals surface area contributed by atoms with Gasteiger partial charge in [-0.1, -0.05) is 13.0 Å². The SMILES string of the molecule is C=CCCC1CCC(C2CCC(C3CCC(C)C(F)C3F)CC2)C(F)C1F. The van der Waals surface area contributed by atoms with Gasteiger partial charge in [-0.15, -0.1) is 6.58 Å². The molecule has 3 aliphatic rings. The number of alkyl halides is 4. The molecular formula is C23H36F4. The van der Waals surface area contributed by atoms with Crippen LogP contribution in [0, 0.1) is 35.5 Å². The molecule has 0 aromatic heterocycles. The number of halogens is 4. The van der Waals surface area contributed by atoms with Crippen molar-refractivity contribution >= 4 is 0 Å². The number of rotatable bonds is 5. The lowest BCUT2D eigenvalue weighted by Crippen LogP contribution is -2.44. The van der Waals surface area contributed by atoms with Crippen molar-refractivity contribution in [2.24, 2.45) is 35.5 Å². The van der Waals surface area contributed by atoms with Crippen molar-refractivity contribution in [3.8, 4) is 0 Å². The van der Waals surface area contributed by atoms with Crippen molar-refractivity contribution < 1.29 is 17.6 Å². The molecule has 0 bridgehead atoms. The molecule has 0 radical (unpaired) electrons. The number of allylic oxidation sites excluding steroid dienone is 1. The fourth-order valence-electron chi connectivity index (χ4n) is 6.17. The van der Waals surface area contributed by atoms with E-state index in [0.29, 0.717) is 6.42 Å². The van der Waals surface area contributed by atoms with Crippen LogP contribution in [0.25, 0.3) is 0 Å². The molecular weight excluding hydrogens is 352 g/mol. The van der Waals surface area contributed by atoms with Crippen LogP contribution in [0.1, 0.15) is 71.1 Å². The Hall–Kier alpha value is -0.540. The quantitative estimate of drug-likeness (QED) is 0.345. The first-order valence-corrected chi connectivity index (χ1v) is 11.1. The highest BCUT2D eigenvalue weighted by molar-refractivity contribution is 4.95. The molecule has 3 rings (SSSR count). The Labute approximate surface area is 162 Å². The molecule has 3 fully saturated rings. The van der Waals surface area contributed by atoms with E-state index in [1.807, 2.05) is 0 Å². The summed E-state index contributed by atoms with van der Waals surface area (Å²) in [5, 5.41) is 0. The zero-order valence-corrected chi connectivity index (χ0v) is 16.6. The molecule has 8 unspecified atom stereocenters. The van der Waals surface area contributed by atoms with Gasteiger partial charge in [-0.2, -0.15) is 0 Å². The maximum Gasteiger partial charge on any atom is 0.134 e. The first-order chi connectivity index (χ1) is 12.9. The molecule has 156 valence electrons. The van der Waals surface area contributed by atoms with Gasteiger partial charge in [0.25, 0.3) is 0 Å². The van der Waals surface area contributed by atoms with Crippen molar-refractivity contribution in [2.45, 2.75) is 95.8 Å². The molecule has 3 saturated carbocycles. The average molecular weight is 389 g/mol. The standard InChI is InChI=1S/C23H36F4/c1-3-4-5-17-11-13-19(23(27)21(17)25)16-9-7-15(8-10-16)18-12-6-14(2)20(24)22(18)26/h3,14-23H,1,4-13H2,2H3. The number of hydrogen-bond donors (Lipinski definition) is 0. The molecule has 27 heavy (non-hydrogen) atoms. The smallest absolute Gasteiger partial charge is 0.134 e. The van der Waals surface area contributed by atoms with Gasteiger partial charge in [-0.05, 0) is 99.7 Å². The summed E-state index contributed by atoms with van der Waals surface area (Å²) in [7, 11) is 0. The zero-order valence-electron chi connectivity index (χ0n) is 16.6. The normalized spacial score (nSPS) is 48.9. The van der Waals surface area contributed by atoms with Crippen molar-refractivity contribution in [1.82, 2.24) is 0 Å². The zero-order chi connectivity index (χ0) is 19.6. The summed E-state index contributed by atoms with van der Waals surface area (Å²) in [6.07, 6.45) is 4.22. The van der Waals surface area contributed by atoms with E-state index in [1.54, 1.807) is 13.0 Å². The molecule has 4 heteroatoms. The van der Waals surface area contributed by atoms with E-state index in [4.69, 9.17) is 0 Å². The second-order valence-electron chi connectivity index (χ2n) is 9.54. The summed E-state index contributed by atoms with van der Waals surface area (Å²) < 4.78 is 58.0. The van der Waals surface area contributed by atoms with E-state index in [0.717, 1.165) is 57.8 Å². The van der Waals surface area contributed by atoms with Gasteiger partial charge in [-0.25, -0.2) is 17.6 Å². The van der Waals surface area contributed by atoms with Gasteiger partial charge in [0, 0.05) is 0 Å². The van der Waals surface area contributed by atoms with Gasteiger partial charge >= 0.3 is 0 Å². The summed E-state index contributed by atoms with van der Waals surface area (Å²) in [6.45, 7) is 5.47. The molecule has 3 aliphatic carbocycles. The Bertz CT molecular complexity index is 473. The maximum absolute atomic E-state index is 14.8. The van der Waals surface area contributed by atoms with Crippen molar-refractivity contribution in [3.05, 3.63) is 12.7 Å². The summed E-state index contributed by atoms with van der Waals surface area (Å²) in [5.74, 6) is -0.313. The van der Waals surface area contributed by atoms with Crippen LogP contribution in [0.5, 0.6) is 0 Å². The third-order valence-corrected chi connectivity index (χ3v) is 8.02. The van der Waals surface area contributed by atoms with Crippen LogP contribution < -0.4 is 0 Å². The first kappa shape index (κ1) is 21.2. The third kappa shape index (κ3) is 4.56. The van der Waals surface area contributed by atoms with Gasteiger partial charge in [0.2, 0.25) is 0 Å². The molecule has 0 N–H and O–H groups in total. The molecule has 0 nitrogen and oxygen atoms in total. The first-order valence-electron chi connectivity index (χ1n) is 11.1. The van der Waals surface area contributed by atoms with Gasteiger partial charge in [0.05, 0.1) is 0 Å². The topological polar surface area (TPSA) is 0 Å². The Kier molecular flexibility index (Phi) is 7.30. The van der Waals surface area contributed by atoms with Crippen LogP contribution in [0.2, 0.25) is 0 Å². The molecule has 0 aliphatic heterocycles. The Morgan fingerprint density at radius 3 is 1.78 bits per heavy atom. The lowest BCUT2D eigenvalue weighted by Gasteiger charge is -2.44. The van der Waals surface area contributed by atoms with Crippen LogP contribution >= 0.6 is 0 Å². The molecule has 0 amide bonds. The maximum atomic E-state index is 14.8. The van der Waals surface area contributed by atoms with Crippen molar-refractivity contribution in [3.63, 3.8) is 0 Å². The van der Waals surface area contributed by atoms with Crippen LogP contribution in [-0.2, 0) is 0 Å². The minimum atomic E-state index is -1.37. The monoisotopic (exact) mass is 388 g/mol. The van der Waals surface area contributed by atoms with Crippen LogP contribution in [0.15, 0.2) is 12.7 Å². The summed E-state index contributed by atoms with van der Waals surface area (Å²) in [5.41, 5.74) is 0. The molecule has 8 atom stereocenters. The van der Waals surface area contributed by atoms with E-state index >= 15 is 0 Å². The Morgan fingerprint density at radius 2 is 1.22 bits per heavy atom. The van der Waals surface area contributed by atoms with E-state index in [2.05, 4.69) is 6.58 Å². The van der Waals surface area contributed by atoms with Gasteiger partial charge in [0.15, 0.2) is 0 Å². The van der Waals surface area contributed by atoms with Crippen molar-refractivity contribution in [2.75, 3.05) is 0 Å². The van der Waals surface area contributed by atoms with Gasteiger partial charge in [0.1, 0.15) is 24.7 Å². The molecule has 0 heterocycles. The molecule has 0 aromatic rings. The lowest BCUT2D eigenvalue weighted by atomic mass is 9.63. The van der Waals surface area contributed by atoms with Crippen LogP contribution in [-0.4, -0.2) is 24.7 Å². The molecule has 0 spiro atoms. The van der Waals surface area contributed by atoms with E-state index in [1.165, 1.54) is 0 Å². The van der Waals surface area contributed by atoms with E-state index < -0.39 is 24.7 Å². The van der Waals surface area contributed by atoms with E-state index in [-0.39, 0.29) is 35.5 Å². The second-order valence-corrected chi connectivity index (χ2v) is 9.54. The predicted octanol–water partition coefficient (Wildman–Crippen LogP) is 7.18. The highest BCUT2D eigenvalue weighted by atomic mass is 19.2. The second kappa shape index (κ2) is 9.31. The largest absolute Gasteiger partial charge is 0.244 e. The number of hydrogen-bond acceptors (Lipinski definition) is 0. The average Bonchev–Trinajstić information content (AvgIpc) is 2.68. The molecule has 0 saturated heterocycles. The van der Waals surface area contributed by atoms with E-state index in [9.17, 15) is 17.6 Å². The molecule has 0 aromatic carbocycles.